The van der Waals surface area contributed by atoms with Gasteiger partial charge in [0.25, 0.3) is 0 Å². The van der Waals surface area contributed by atoms with Crippen molar-refractivity contribution in [3.8, 4) is 5.75 Å². The summed E-state index contributed by atoms with van der Waals surface area (Å²) in [5.41, 5.74) is 4.49. The van der Waals surface area contributed by atoms with Gasteiger partial charge in [0, 0.05) is 30.6 Å². The molecule has 240 valence electrons. The molecule has 9 heteroatoms. The number of aliphatic hydroxyl groups excluding tert-OH is 1. The summed E-state index contributed by atoms with van der Waals surface area (Å²) in [6.07, 6.45) is 2.58. The summed E-state index contributed by atoms with van der Waals surface area (Å²) in [4.78, 5) is 23.5. The summed E-state index contributed by atoms with van der Waals surface area (Å²) >= 11 is 12.1. The maximum absolute atomic E-state index is 12.5. The molecule has 3 aromatic rings. The van der Waals surface area contributed by atoms with E-state index in [1.54, 1.807) is 18.2 Å². The Balaban J connectivity index is 1.63. The van der Waals surface area contributed by atoms with Gasteiger partial charge in [0.2, 0.25) is 5.91 Å². The minimum atomic E-state index is -2.46. The van der Waals surface area contributed by atoms with E-state index in [9.17, 15) is 19.8 Å². The molecule has 0 aromatic heterocycles. The number of carbonyl (C=O) groups excluding carboxylic acids is 1. The van der Waals surface area contributed by atoms with E-state index < -0.39 is 8.32 Å². The van der Waals surface area contributed by atoms with Gasteiger partial charge in [0.05, 0.1) is 16.7 Å². The summed E-state index contributed by atoms with van der Waals surface area (Å²) in [5.74, 6) is 0.135. The van der Waals surface area contributed by atoms with Crippen molar-refractivity contribution in [1.29, 1.82) is 0 Å². The molecule has 1 amide bonds. The number of amides is 1. The van der Waals surface area contributed by atoms with Crippen molar-refractivity contribution in [2.24, 2.45) is 0 Å². The highest BCUT2D eigenvalue weighted by molar-refractivity contribution is 6.72. The number of aliphatic hydroxyl groups is 1. The molecule has 0 heterocycles. The number of rotatable bonds is 15. The van der Waals surface area contributed by atoms with Crippen LogP contribution >= 0.6 is 23.2 Å². The van der Waals surface area contributed by atoms with Crippen LogP contribution in [0.1, 0.15) is 74.3 Å². The first-order valence-electron chi connectivity index (χ1n) is 15.2. The highest BCUT2D eigenvalue weighted by Crippen LogP contribution is 2.44. The van der Waals surface area contributed by atoms with Crippen LogP contribution in [0.2, 0.25) is 28.2 Å². The van der Waals surface area contributed by atoms with E-state index in [1.807, 2.05) is 37.4 Å². The number of benzene rings is 3. The summed E-state index contributed by atoms with van der Waals surface area (Å²) in [6.45, 7) is 13.4. The number of aryl methyl sites for hydroxylation is 1. The maximum Gasteiger partial charge on any atom is 0.220 e. The SMILES string of the molecule is CC(C)(Cc1cccc(CCC(=O)NCc2ccc(Cl)c(Cl)c2)c1)NC[C@H](CC(C)(C)[Si](C)(C)O)c1ccc(O)c(CO)c1. The fourth-order valence-electron chi connectivity index (χ4n) is 5.22. The van der Waals surface area contributed by atoms with E-state index >= 15 is 0 Å². The Morgan fingerprint density at radius 2 is 1.64 bits per heavy atom. The number of phenols is 1. The molecule has 0 bridgehead atoms. The van der Waals surface area contributed by atoms with Gasteiger partial charge in [0.1, 0.15) is 5.75 Å². The van der Waals surface area contributed by atoms with E-state index in [-0.39, 0.29) is 34.8 Å². The van der Waals surface area contributed by atoms with Crippen molar-refractivity contribution in [3.63, 3.8) is 0 Å². The predicted octanol–water partition coefficient (Wildman–Crippen LogP) is 7.50. The quantitative estimate of drug-likeness (QED) is 0.109. The van der Waals surface area contributed by atoms with E-state index in [1.165, 1.54) is 5.56 Å². The van der Waals surface area contributed by atoms with Gasteiger partial charge in [-0.3, -0.25) is 4.79 Å². The second-order valence-corrected chi connectivity index (χ2v) is 19.0. The number of hydrogen-bond donors (Lipinski definition) is 5. The Hall–Kier alpha value is -2.39. The summed E-state index contributed by atoms with van der Waals surface area (Å²) in [6, 6.07) is 19.2. The molecule has 0 fully saturated rings. The van der Waals surface area contributed by atoms with E-state index in [2.05, 4.69) is 56.5 Å². The largest absolute Gasteiger partial charge is 0.508 e. The zero-order valence-electron chi connectivity index (χ0n) is 26.8. The molecule has 0 saturated carbocycles. The predicted molar refractivity (Wildman–Crippen MR) is 184 cm³/mol. The fraction of sp³-hybridized carbons (Fsp3) is 0.457. The summed E-state index contributed by atoms with van der Waals surface area (Å²) in [5, 5.41) is 27.3. The van der Waals surface area contributed by atoms with Crippen LogP contribution < -0.4 is 10.6 Å². The molecule has 44 heavy (non-hydrogen) atoms. The molecule has 1 atom stereocenters. The fourth-order valence-corrected chi connectivity index (χ4v) is 6.29. The molecule has 0 radical (unpaired) electrons. The van der Waals surface area contributed by atoms with Gasteiger partial charge in [-0.1, -0.05) is 73.4 Å². The van der Waals surface area contributed by atoms with Gasteiger partial charge < -0.3 is 25.6 Å². The molecule has 0 saturated heterocycles. The Morgan fingerprint density at radius 3 is 2.30 bits per heavy atom. The van der Waals surface area contributed by atoms with Crippen molar-refractivity contribution in [2.75, 3.05) is 6.54 Å². The maximum atomic E-state index is 12.5. The number of halogens is 2. The highest BCUT2D eigenvalue weighted by atomic mass is 35.5. The van der Waals surface area contributed by atoms with Gasteiger partial charge in [-0.25, -0.2) is 0 Å². The first kappa shape index (κ1) is 36.1. The van der Waals surface area contributed by atoms with Crippen molar-refractivity contribution in [3.05, 3.63) is 98.5 Å². The van der Waals surface area contributed by atoms with Crippen LogP contribution in [-0.2, 0) is 30.8 Å². The zero-order valence-corrected chi connectivity index (χ0v) is 29.3. The van der Waals surface area contributed by atoms with Crippen molar-refractivity contribution >= 4 is 37.4 Å². The number of nitrogens with one attached hydrogen (secondary N) is 2. The third kappa shape index (κ3) is 10.6. The first-order valence-corrected chi connectivity index (χ1v) is 18.9. The van der Waals surface area contributed by atoms with Crippen LogP contribution in [0.25, 0.3) is 0 Å². The van der Waals surface area contributed by atoms with Gasteiger partial charge in [-0.2, -0.15) is 0 Å². The smallest absolute Gasteiger partial charge is 0.220 e. The highest BCUT2D eigenvalue weighted by Gasteiger charge is 2.40. The van der Waals surface area contributed by atoms with Gasteiger partial charge in [0.15, 0.2) is 8.32 Å². The van der Waals surface area contributed by atoms with Crippen molar-refractivity contribution < 1.29 is 19.8 Å². The Bertz CT molecular complexity index is 1420. The second-order valence-electron chi connectivity index (χ2n) is 13.7. The molecule has 0 unspecified atom stereocenters. The Morgan fingerprint density at radius 1 is 0.932 bits per heavy atom. The molecule has 0 aliphatic rings. The lowest BCUT2D eigenvalue weighted by Gasteiger charge is -2.39. The lowest BCUT2D eigenvalue weighted by molar-refractivity contribution is -0.121. The van der Waals surface area contributed by atoms with Gasteiger partial charge >= 0.3 is 0 Å². The standard InChI is InChI=1S/C35H48Cl2N2O4Si/c1-34(2,39-22-29(20-35(3,4)44(5,6)43)27-12-14-32(41)28(18-27)23-40)19-25-9-7-8-24(16-25)11-15-33(42)38-21-26-10-13-30(36)31(37)17-26/h7-10,12-14,16-18,29,39-41,43H,11,15,19-23H2,1-6H3,(H,38,42)/t29-/m0/s1. The topological polar surface area (TPSA) is 102 Å². The van der Waals surface area contributed by atoms with Crippen LogP contribution in [-0.4, -0.2) is 41.3 Å². The van der Waals surface area contributed by atoms with Crippen LogP contribution in [0.4, 0.5) is 0 Å². The zero-order chi connectivity index (χ0) is 32.7. The molecule has 3 rings (SSSR count). The lowest BCUT2D eigenvalue weighted by Crippen LogP contribution is -2.45. The molecule has 5 N–H and O–H groups in total. The normalized spacial score (nSPS) is 13.1. The Labute approximate surface area is 274 Å². The first-order chi connectivity index (χ1) is 20.5. The molecule has 0 aliphatic carbocycles. The lowest BCUT2D eigenvalue weighted by atomic mass is 9.87. The number of aromatic hydroxyl groups is 1. The Kier molecular flexibility index (Phi) is 12.5. The van der Waals surface area contributed by atoms with Crippen LogP contribution in [0.15, 0.2) is 60.7 Å². The van der Waals surface area contributed by atoms with Crippen molar-refractivity contribution in [2.45, 2.75) is 96.1 Å². The molecule has 6 nitrogen and oxygen atoms in total. The molecule has 0 spiro atoms. The molecular formula is C35H48Cl2N2O4Si. The van der Waals surface area contributed by atoms with Crippen LogP contribution in [0.3, 0.4) is 0 Å². The third-order valence-electron chi connectivity index (χ3n) is 8.74. The molecular weight excluding hydrogens is 611 g/mol. The average molecular weight is 660 g/mol. The summed E-state index contributed by atoms with van der Waals surface area (Å²) in [7, 11) is -2.46. The number of hydrogen-bond acceptors (Lipinski definition) is 5. The number of carbonyl (C=O) groups is 1. The monoisotopic (exact) mass is 658 g/mol. The molecule has 3 aromatic carbocycles. The minimum Gasteiger partial charge on any atom is -0.508 e. The van der Waals surface area contributed by atoms with Gasteiger partial charge in [-0.05, 0) is 104 Å². The third-order valence-corrected chi connectivity index (χ3v) is 13.0. The minimum absolute atomic E-state index is 0.0230. The molecule has 0 aliphatic heterocycles. The summed E-state index contributed by atoms with van der Waals surface area (Å²) < 4.78 is 0. The van der Waals surface area contributed by atoms with E-state index in [4.69, 9.17) is 23.2 Å². The average Bonchev–Trinajstić information content (AvgIpc) is 2.94. The second kappa shape index (κ2) is 15.3. The van der Waals surface area contributed by atoms with Crippen LogP contribution in [0, 0.1) is 0 Å². The van der Waals surface area contributed by atoms with E-state index in [0.717, 1.165) is 29.5 Å². The van der Waals surface area contributed by atoms with Gasteiger partial charge in [-0.15, -0.1) is 0 Å². The van der Waals surface area contributed by atoms with Crippen LogP contribution in [0.5, 0.6) is 5.75 Å². The van der Waals surface area contributed by atoms with Crippen molar-refractivity contribution in [1.82, 2.24) is 10.6 Å². The van der Waals surface area contributed by atoms with E-state index in [0.29, 0.717) is 41.5 Å².